The topological polar surface area (TPSA) is 57.1 Å². The van der Waals surface area contributed by atoms with E-state index in [-0.39, 0.29) is 0 Å². The fourth-order valence-electron chi connectivity index (χ4n) is 5.37. The summed E-state index contributed by atoms with van der Waals surface area (Å²) in [7, 11) is 1.69. The van der Waals surface area contributed by atoms with Crippen molar-refractivity contribution in [2.45, 2.75) is 19.3 Å². The number of rotatable bonds is 5. The van der Waals surface area contributed by atoms with E-state index in [1.165, 1.54) is 27.8 Å². The van der Waals surface area contributed by atoms with E-state index in [0.29, 0.717) is 23.4 Å². The Balaban J connectivity index is 1.53. The van der Waals surface area contributed by atoms with E-state index < -0.39 is 5.41 Å². The number of hydrogen-bond acceptors (Lipinski definition) is 5. The fraction of sp³-hybridized carbons (Fsp3) is 0.129. The molecule has 5 aromatic rings. The van der Waals surface area contributed by atoms with Gasteiger partial charge >= 0.3 is 6.01 Å². The Morgan fingerprint density at radius 3 is 1.53 bits per heavy atom. The lowest BCUT2D eigenvalue weighted by atomic mass is 9.68. The van der Waals surface area contributed by atoms with Gasteiger partial charge in [0.2, 0.25) is 0 Å². The van der Waals surface area contributed by atoms with Crippen LogP contribution < -0.4 is 9.47 Å². The van der Waals surface area contributed by atoms with Crippen LogP contribution in [-0.4, -0.2) is 22.1 Å². The minimum atomic E-state index is -0.474. The van der Waals surface area contributed by atoms with Gasteiger partial charge in [0.25, 0.3) is 0 Å². The van der Waals surface area contributed by atoms with Crippen LogP contribution in [0.2, 0.25) is 0 Å². The molecule has 6 rings (SSSR count). The van der Waals surface area contributed by atoms with Crippen molar-refractivity contribution in [1.82, 2.24) is 15.0 Å². The third-order valence-electron chi connectivity index (χ3n) is 6.81. The summed E-state index contributed by atoms with van der Waals surface area (Å²) >= 11 is 0. The first-order chi connectivity index (χ1) is 17.6. The highest BCUT2D eigenvalue weighted by Gasteiger charge is 2.45. The zero-order valence-electron chi connectivity index (χ0n) is 20.4. The molecule has 0 spiro atoms. The highest BCUT2D eigenvalue weighted by Crippen LogP contribution is 2.56. The van der Waals surface area contributed by atoms with Gasteiger partial charge in [0.05, 0.1) is 12.5 Å². The summed E-state index contributed by atoms with van der Waals surface area (Å²) in [6, 6.07) is 34.3. The molecular formula is C31H25N3O2. The molecule has 0 radical (unpaired) electrons. The Bertz CT molecular complexity index is 1490. The van der Waals surface area contributed by atoms with Gasteiger partial charge in [-0.05, 0) is 71.5 Å². The van der Waals surface area contributed by atoms with Crippen LogP contribution in [0.5, 0.6) is 17.5 Å². The van der Waals surface area contributed by atoms with Crippen molar-refractivity contribution >= 4 is 0 Å². The maximum atomic E-state index is 5.99. The first kappa shape index (κ1) is 22.0. The van der Waals surface area contributed by atoms with Crippen LogP contribution in [0.1, 0.15) is 33.9 Å². The summed E-state index contributed by atoms with van der Waals surface area (Å²) in [6.45, 7) is 3.66. The second kappa shape index (κ2) is 8.61. The first-order valence-electron chi connectivity index (χ1n) is 11.9. The highest BCUT2D eigenvalue weighted by molar-refractivity contribution is 5.86. The first-order valence-corrected chi connectivity index (χ1v) is 11.9. The maximum Gasteiger partial charge on any atom is 0.325 e. The van der Waals surface area contributed by atoms with Crippen molar-refractivity contribution < 1.29 is 9.47 Å². The SMILES string of the molecule is COc1ccc(C2(c3ccc(Oc4nc(C)nc(C)n4)cc3)c3ccccc3-c3ccccc32)cc1. The summed E-state index contributed by atoms with van der Waals surface area (Å²) in [5, 5.41) is 0. The standard InChI is InChI=1S/C31H25N3O2/c1-20-32-21(2)34-30(33-20)36-25-18-14-23(15-19-25)31(22-12-16-24(35-3)17-13-22)28-10-6-4-8-26(28)27-9-5-7-11-29(27)31/h4-19H,1-3H3. The number of aromatic nitrogens is 3. The molecule has 5 nitrogen and oxygen atoms in total. The predicted octanol–water partition coefficient (Wildman–Crippen LogP) is 6.65. The van der Waals surface area contributed by atoms with E-state index in [9.17, 15) is 0 Å². The minimum Gasteiger partial charge on any atom is -0.497 e. The molecule has 0 aliphatic heterocycles. The number of hydrogen-bond donors (Lipinski definition) is 0. The molecular weight excluding hydrogens is 446 g/mol. The van der Waals surface area contributed by atoms with Crippen molar-refractivity contribution in [3.63, 3.8) is 0 Å². The molecule has 36 heavy (non-hydrogen) atoms. The van der Waals surface area contributed by atoms with Gasteiger partial charge in [0, 0.05) is 0 Å². The van der Waals surface area contributed by atoms with Crippen LogP contribution >= 0.6 is 0 Å². The van der Waals surface area contributed by atoms with Crippen LogP contribution in [0, 0.1) is 13.8 Å². The maximum absolute atomic E-state index is 5.99. The molecule has 0 saturated carbocycles. The molecule has 0 fully saturated rings. The molecule has 1 aliphatic rings. The number of ether oxygens (including phenoxy) is 2. The van der Waals surface area contributed by atoms with E-state index in [1.54, 1.807) is 7.11 Å². The lowest BCUT2D eigenvalue weighted by Crippen LogP contribution is -2.28. The molecule has 0 saturated heterocycles. The van der Waals surface area contributed by atoms with E-state index in [2.05, 4.69) is 87.7 Å². The molecule has 0 atom stereocenters. The lowest BCUT2D eigenvalue weighted by Gasteiger charge is -2.34. The number of fused-ring (bicyclic) bond motifs is 3. The summed E-state index contributed by atoms with van der Waals surface area (Å²) in [4.78, 5) is 12.8. The van der Waals surface area contributed by atoms with Gasteiger partial charge in [0.15, 0.2) is 0 Å². The van der Waals surface area contributed by atoms with E-state index in [4.69, 9.17) is 9.47 Å². The highest BCUT2D eigenvalue weighted by atomic mass is 16.5. The smallest absolute Gasteiger partial charge is 0.325 e. The van der Waals surface area contributed by atoms with Crippen LogP contribution in [-0.2, 0) is 5.41 Å². The zero-order valence-corrected chi connectivity index (χ0v) is 20.4. The van der Waals surface area contributed by atoms with E-state index in [0.717, 1.165) is 11.3 Å². The number of methoxy groups -OCH3 is 1. The molecule has 1 heterocycles. The predicted molar refractivity (Wildman–Crippen MR) is 140 cm³/mol. The summed E-state index contributed by atoms with van der Waals surface area (Å²) < 4.78 is 11.5. The monoisotopic (exact) mass is 471 g/mol. The van der Waals surface area contributed by atoms with Crippen LogP contribution in [0.25, 0.3) is 11.1 Å². The number of nitrogens with zero attached hydrogens (tertiary/aromatic N) is 3. The minimum absolute atomic E-state index is 0.300. The summed E-state index contributed by atoms with van der Waals surface area (Å²) in [6.07, 6.45) is 0. The Labute approximate surface area is 210 Å². The van der Waals surface area contributed by atoms with Crippen LogP contribution in [0.4, 0.5) is 0 Å². The van der Waals surface area contributed by atoms with Crippen molar-refractivity contribution in [3.8, 4) is 28.6 Å². The third kappa shape index (κ3) is 3.43. The molecule has 1 aliphatic carbocycles. The second-order valence-corrected chi connectivity index (χ2v) is 8.91. The van der Waals surface area contributed by atoms with Crippen LogP contribution in [0.3, 0.4) is 0 Å². The molecule has 1 aromatic heterocycles. The van der Waals surface area contributed by atoms with Crippen molar-refractivity contribution in [2.75, 3.05) is 7.11 Å². The van der Waals surface area contributed by atoms with Gasteiger partial charge in [-0.15, -0.1) is 0 Å². The van der Waals surface area contributed by atoms with Gasteiger partial charge in [0.1, 0.15) is 23.1 Å². The molecule has 0 unspecified atom stereocenters. The Morgan fingerprint density at radius 1 is 0.556 bits per heavy atom. The van der Waals surface area contributed by atoms with Gasteiger partial charge in [-0.3, -0.25) is 0 Å². The van der Waals surface area contributed by atoms with E-state index >= 15 is 0 Å². The van der Waals surface area contributed by atoms with Gasteiger partial charge in [-0.2, -0.15) is 9.97 Å². The van der Waals surface area contributed by atoms with Crippen LogP contribution in [0.15, 0.2) is 97.1 Å². The van der Waals surface area contributed by atoms with Crippen molar-refractivity contribution in [3.05, 3.63) is 131 Å². The number of benzene rings is 4. The van der Waals surface area contributed by atoms with Crippen molar-refractivity contribution in [2.24, 2.45) is 0 Å². The number of aryl methyl sites for hydroxylation is 2. The van der Waals surface area contributed by atoms with Crippen molar-refractivity contribution in [1.29, 1.82) is 0 Å². The molecule has 0 bridgehead atoms. The summed E-state index contributed by atoms with van der Waals surface area (Å²) in [5.41, 5.74) is 6.87. The molecule has 0 N–H and O–H groups in total. The Hall–Kier alpha value is -4.51. The average Bonchev–Trinajstić information content (AvgIpc) is 3.20. The Morgan fingerprint density at radius 2 is 1.03 bits per heavy atom. The van der Waals surface area contributed by atoms with E-state index in [1.807, 2.05) is 38.1 Å². The molecule has 0 amide bonds. The largest absolute Gasteiger partial charge is 0.497 e. The summed E-state index contributed by atoms with van der Waals surface area (Å²) in [5.74, 6) is 2.77. The quantitative estimate of drug-likeness (QED) is 0.282. The fourth-order valence-corrected chi connectivity index (χ4v) is 5.37. The normalized spacial score (nSPS) is 13.1. The van der Waals surface area contributed by atoms with Gasteiger partial charge in [-0.1, -0.05) is 72.8 Å². The average molecular weight is 472 g/mol. The second-order valence-electron chi connectivity index (χ2n) is 8.91. The Kier molecular flexibility index (Phi) is 5.26. The zero-order chi connectivity index (χ0) is 24.7. The molecule has 5 heteroatoms. The molecule has 176 valence electrons. The lowest BCUT2D eigenvalue weighted by molar-refractivity contribution is 0.414. The van der Waals surface area contributed by atoms with Gasteiger partial charge in [-0.25, -0.2) is 4.98 Å². The third-order valence-corrected chi connectivity index (χ3v) is 6.81. The van der Waals surface area contributed by atoms with Gasteiger partial charge < -0.3 is 9.47 Å². The molecule has 4 aromatic carbocycles.